The molecule has 136 valence electrons. The first-order valence-corrected chi connectivity index (χ1v) is 10.6. The van der Waals surface area contributed by atoms with Gasteiger partial charge in [-0.2, -0.15) is 0 Å². The first-order chi connectivity index (χ1) is 12.4. The Balaban J connectivity index is 0.000000592. The van der Waals surface area contributed by atoms with E-state index in [0.29, 0.717) is 24.0 Å². The Kier molecular flexibility index (Phi) is 5.37. The fourth-order valence-electron chi connectivity index (χ4n) is 2.80. The van der Waals surface area contributed by atoms with E-state index in [-0.39, 0.29) is 16.5 Å². The van der Waals surface area contributed by atoms with Crippen molar-refractivity contribution in [3.8, 4) is 0 Å². The highest BCUT2D eigenvalue weighted by atomic mass is 32.2. The molecule has 5 heteroatoms. The van der Waals surface area contributed by atoms with Gasteiger partial charge in [0.1, 0.15) is 5.82 Å². The molecule has 2 aliphatic rings. The summed E-state index contributed by atoms with van der Waals surface area (Å²) in [5.74, 6) is -0.322. The van der Waals surface area contributed by atoms with Crippen LogP contribution < -0.4 is 0 Å². The van der Waals surface area contributed by atoms with Crippen LogP contribution >= 0.6 is 0 Å². The van der Waals surface area contributed by atoms with E-state index >= 15 is 0 Å². The molecule has 1 fully saturated rings. The van der Waals surface area contributed by atoms with Crippen molar-refractivity contribution < 1.29 is 17.6 Å². The third-order valence-electron chi connectivity index (χ3n) is 4.30. The average Bonchev–Trinajstić information content (AvgIpc) is 3.44. The third-order valence-corrected chi connectivity index (χ3v) is 5.43. The van der Waals surface area contributed by atoms with E-state index in [4.69, 9.17) is 0 Å². The minimum Gasteiger partial charge on any atom is -0.294 e. The highest BCUT2D eigenvalue weighted by molar-refractivity contribution is 7.90. The normalized spacial score (nSPS) is 16.3. The van der Waals surface area contributed by atoms with Crippen molar-refractivity contribution in [2.24, 2.45) is 0 Å². The summed E-state index contributed by atoms with van der Waals surface area (Å²) in [6.07, 6.45) is 6.67. The zero-order valence-electron chi connectivity index (χ0n) is 14.7. The molecule has 0 unspecified atom stereocenters. The number of hydrogen-bond donors (Lipinski definition) is 0. The first-order valence-electron chi connectivity index (χ1n) is 8.69. The molecule has 0 amide bonds. The molecule has 2 aliphatic carbocycles. The molecule has 0 saturated heterocycles. The van der Waals surface area contributed by atoms with Crippen LogP contribution in [0.1, 0.15) is 43.2 Å². The lowest BCUT2D eigenvalue weighted by atomic mass is 9.97. The monoisotopic (exact) mass is 372 g/mol. The third kappa shape index (κ3) is 4.47. The predicted molar refractivity (Wildman–Crippen MR) is 101 cm³/mol. The van der Waals surface area contributed by atoms with Crippen LogP contribution in [0.2, 0.25) is 0 Å². The summed E-state index contributed by atoms with van der Waals surface area (Å²) in [6, 6.07) is 12.4. The van der Waals surface area contributed by atoms with Crippen LogP contribution in [0.5, 0.6) is 0 Å². The Labute approximate surface area is 153 Å². The summed E-state index contributed by atoms with van der Waals surface area (Å²) < 4.78 is 36.2. The van der Waals surface area contributed by atoms with Gasteiger partial charge < -0.3 is 0 Å². The van der Waals surface area contributed by atoms with E-state index in [2.05, 4.69) is 0 Å². The smallest absolute Gasteiger partial charge is 0.175 e. The van der Waals surface area contributed by atoms with Crippen molar-refractivity contribution in [2.45, 2.75) is 37.0 Å². The highest BCUT2D eigenvalue weighted by Crippen LogP contribution is 2.37. The number of allylic oxidation sites excluding steroid dienone is 2. The number of ketones is 1. The molecule has 1 saturated carbocycles. The number of carbonyl (C=O) groups is 1. The molecule has 3 nitrogen and oxygen atoms in total. The number of benzene rings is 2. The van der Waals surface area contributed by atoms with E-state index < -0.39 is 9.84 Å². The molecule has 0 atom stereocenters. The molecule has 0 spiro atoms. The minimum atomic E-state index is -3.25. The van der Waals surface area contributed by atoms with Crippen molar-refractivity contribution in [2.75, 3.05) is 6.26 Å². The van der Waals surface area contributed by atoms with Crippen LogP contribution in [0.3, 0.4) is 0 Å². The Bertz CT molecular complexity index is 935. The lowest BCUT2D eigenvalue weighted by Gasteiger charge is -2.08. The SMILES string of the molecule is C1CC1.CS(=O)(=O)c1ccc(C2=C(c3ccc(F)cc3)C(=O)CC2)cc1. The van der Waals surface area contributed by atoms with Crippen LogP contribution in [0, 0.1) is 5.82 Å². The Morgan fingerprint density at radius 3 is 1.85 bits per heavy atom. The maximum absolute atomic E-state index is 13.1. The number of rotatable bonds is 3. The van der Waals surface area contributed by atoms with Gasteiger partial charge in [-0.3, -0.25) is 4.79 Å². The quantitative estimate of drug-likeness (QED) is 0.786. The predicted octanol–water partition coefficient (Wildman–Crippen LogP) is 4.67. The summed E-state index contributed by atoms with van der Waals surface area (Å²) >= 11 is 0. The second-order valence-corrected chi connectivity index (χ2v) is 8.66. The molecular formula is C21H21FO3S. The number of hydrogen-bond acceptors (Lipinski definition) is 3. The molecule has 0 aliphatic heterocycles. The van der Waals surface area contributed by atoms with Crippen LogP contribution in [-0.2, 0) is 14.6 Å². The Morgan fingerprint density at radius 2 is 1.35 bits per heavy atom. The van der Waals surface area contributed by atoms with Gasteiger partial charge in [0.15, 0.2) is 15.6 Å². The lowest BCUT2D eigenvalue weighted by molar-refractivity contribution is -0.113. The number of sulfone groups is 1. The maximum atomic E-state index is 13.1. The molecule has 2 aromatic carbocycles. The fourth-order valence-corrected chi connectivity index (χ4v) is 3.43. The van der Waals surface area contributed by atoms with Gasteiger partial charge in [0.2, 0.25) is 0 Å². The van der Waals surface area contributed by atoms with E-state index in [0.717, 1.165) is 17.4 Å². The van der Waals surface area contributed by atoms with Crippen LogP contribution in [0.4, 0.5) is 4.39 Å². The van der Waals surface area contributed by atoms with Crippen LogP contribution in [0.15, 0.2) is 53.4 Å². The van der Waals surface area contributed by atoms with E-state index in [1.165, 1.54) is 31.4 Å². The van der Waals surface area contributed by atoms with Crippen molar-refractivity contribution in [3.63, 3.8) is 0 Å². The van der Waals surface area contributed by atoms with Gasteiger partial charge in [-0.1, -0.05) is 43.5 Å². The molecule has 0 N–H and O–H groups in total. The second kappa shape index (κ2) is 7.54. The van der Waals surface area contributed by atoms with E-state index in [9.17, 15) is 17.6 Å². The Hall–Kier alpha value is -2.27. The van der Waals surface area contributed by atoms with Gasteiger partial charge in [-0.25, -0.2) is 12.8 Å². The zero-order chi connectivity index (χ0) is 18.7. The van der Waals surface area contributed by atoms with Crippen molar-refractivity contribution in [1.29, 1.82) is 0 Å². The topological polar surface area (TPSA) is 51.2 Å². The van der Waals surface area contributed by atoms with Gasteiger partial charge in [-0.15, -0.1) is 0 Å². The fraction of sp³-hybridized carbons (Fsp3) is 0.286. The molecular weight excluding hydrogens is 351 g/mol. The van der Waals surface area contributed by atoms with E-state index in [1.807, 2.05) is 0 Å². The molecule has 2 aromatic rings. The summed E-state index contributed by atoms with van der Waals surface area (Å²) in [7, 11) is -3.25. The summed E-state index contributed by atoms with van der Waals surface area (Å²) in [5, 5.41) is 0. The van der Waals surface area contributed by atoms with Gasteiger partial charge >= 0.3 is 0 Å². The zero-order valence-corrected chi connectivity index (χ0v) is 15.5. The Morgan fingerprint density at radius 1 is 0.808 bits per heavy atom. The average molecular weight is 372 g/mol. The van der Waals surface area contributed by atoms with Crippen molar-refractivity contribution in [1.82, 2.24) is 0 Å². The number of halogens is 1. The number of Topliss-reactive ketones (excluding diaryl/α,β-unsaturated/α-hetero) is 1. The van der Waals surface area contributed by atoms with Crippen LogP contribution in [-0.4, -0.2) is 20.5 Å². The number of carbonyl (C=O) groups excluding carboxylic acids is 1. The summed E-state index contributed by atoms with van der Waals surface area (Å²) in [6.45, 7) is 0. The summed E-state index contributed by atoms with van der Waals surface area (Å²) in [4.78, 5) is 12.5. The van der Waals surface area contributed by atoms with Gasteiger partial charge in [-0.05, 0) is 47.4 Å². The first kappa shape index (κ1) is 18.5. The largest absolute Gasteiger partial charge is 0.294 e. The van der Waals surface area contributed by atoms with Crippen molar-refractivity contribution >= 4 is 26.8 Å². The second-order valence-electron chi connectivity index (χ2n) is 6.64. The van der Waals surface area contributed by atoms with Gasteiger partial charge in [0.25, 0.3) is 0 Å². The lowest BCUT2D eigenvalue weighted by Crippen LogP contribution is -1.98. The molecule has 26 heavy (non-hydrogen) atoms. The standard InChI is InChI=1S/C18H15FO3S.C3H6/c1-23(21,22)15-8-4-12(5-9-15)16-10-11-17(20)18(16)13-2-6-14(19)7-3-13;1-2-3-1/h2-9H,10-11H2,1H3;1-3H2. The van der Waals surface area contributed by atoms with Crippen molar-refractivity contribution in [3.05, 3.63) is 65.5 Å². The molecule has 0 heterocycles. The minimum absolute atomic E-state index is 0.0267. The van der Waals surface area contributed by atoms with E-state index in [1.54, 1.807) is 36.4 Å². The van der Waals surface area contributed by atoms with Gasteiger partial charge in [0, 0.05) is 18.2 Å². The molecule has 0 bridgehead atoms. The maximum Gasteiger partial charge on any atom is 0.175 e. The van der Waals surface area contributed by atoms with Gasteiger partial charge in [0.05, 0.1) is 4.90 Å². The van der Waals surface area contributed by atoms with Crippen LogP contribution in [0.25, 0.3) is 11.1 Å². The molecule has 0 aromatic heterocycles. The molecule has 0 radical (unpaired) electrons. The molecule has 4 rings (SSSR count). The highest BCUT2D eigenvalue weighted by Gasteiger charge is 2.25. The summed E-state index contributed by atoms with van der Waals surface area (Å²) in [5.41, 5.74) is 2.98.